The van der Waals surface area contributed by atoms with Gasteiger partial charge in [0.15, 0.2) is 5.11 Å². The van der Waals surface area contributed by atoms with Crippen molar-refractivity contribution in [3.8, 4) is 11.1 Å². The molecule has 0 saturated carbocycles. The predicted octanol–water partition coefficient (Wildman–Crippen LogP) is 3.74. The van der Waals surface area contributed by atoms with Crippen LogP contribution in [0.15, 0.2) is 53.8 Å². The van der Waals surface area contributed by atoms with E-state index in [0.29, 0.717) is 5.02 Å². The quantitative estimate of drug-likeness (QED) is 0.433. The number of benzene rings is 1. The molecule has 0 fully saturated rings. The largest absolute Gasteiger partial charge is 0.375 e. The Balaban J connectivity index is 2.16. The number of hydrogen-bond donors (Lipinski definition) is 2. The lowest BCUT2D eigenvalue weighted by molar-refractivity contribution is 1.04. The third kappa shape index (κ3) is 3.36. The van der Waals surface area contributed by atoms with E-state index >= 15 is 0 Å². The van der Waals surface area contributed by atoms with E-state index in [9.17, 15) is 0 Å². The number of aromatic nitrogens is 1. The molecule has 1 aromatic carbocycles. The van der Waals surface area contributed by atoms with Crippen LogP contribution in [0, 0.1) is 6.92 Å². The maximum absolute atomic E-state index is 5.99. The second kappa shape index (κ2) is 6.40. The molecule has 0 radical (unpaired) electrons. The molecule has 23 heavy (non-hydrogen) atoms. The van der Waals surface area contributed by atoms with Crippen LogP contribution in [-0.4, -0.2) is 15.7 Å². The molecule has 4 nitrogen and oxygen atoms in total. The van der Waals surface area contributed by atoms with Gasteiger partial charge in [0, 0.05) is 22.3 Å². The van der Waals surface area contributed by atoms with E-state index in [4.69, 9.17) is 29.6 Å². The van der Waals surface area contributed by atoms with E-state index in [1.807, 2.05) is 30.5 Å². The van der Waals surface area contributed by atoms with Crippen LogP contribution in [0.3, 0.4) is 0 Å². The summed E-state index contributed by atoms with van der Waals surface area (Å²) in [5.74, 6) is 0. The van der Waals surface area contributed by atoms with Gasteiger partial charge in [-0.15, -0.1) is 0 Å². The molecule has 0 aliphatic carbocycles. The first-order valence-electron chi connectivity index (χ1n) is 7.01. The molecule has 116 valence electrons. The van der Waals surface area contributed by atoms with E-state index in [0.717, 1.165) is 22.3 Å². The highest BCUT2D eigenvalue weighted by molar-refractivity contribution is 7.80. The molecule has 0 amide bonds. The van der Waals surface area contributed by atoms with Gasteiger partial charge in [0.2, 0.25) is 0 Å². The molecule has 2 heterocycles. The fourth-order valence-electron chi connectivity index (χ4n) is 2.46. The van der Waals surface area contributed by atoms with Crippen LogP contribution in [0.25, 0.3) is 16.6 Å². The van der Waals surface area contributed by atoms with Gasteiger partial charge in [0.1, 0.15) is 0 Å². The highest BCUT2D eigenvalue weighted by Crippen LogP contribution is 2.28. The molecular formula is C17H15ClN4S. The average molecular weight is 343 g/mol. The first kappa shape index (κ1) is 15.5. The lowest BCUT2D eigenvalue weighted by atomic mass is 10.1. The van der Waals surface area contributed by atoms with Crippen molar-refractivity contribution in [2.75, 3.05) is 0 Å². The number of nitrogens with one attached hydrogen (secondary N) is 1. The first-order chi connectivity index (χ1) is 11.0. The van der Waals surface area contributed by atoms with Crippen molar-refractivity contribution in [2.24, 2.45) is 10.8 Å². The Morgan fingerprint density at radius 3 is 2.70 bits per heavy atom. The number of halogens is 1. The van der Waals surface area contributed by atoms with Crippen molar-refractivity contribution in [3.05, 3.63) is 64.9 Å². The van der Waals surface area contributed by atoms with Gasteiger partial charge >= 0.3 is 0 Å². The zero-order chi connectivity index (χ0) is 16.4. The van der Waals surface area contributed by atoms with Crippen LogP contribution in [-0.2, 0) is 0 Å². The number of hydrogen-bond acceptors (Lipinski definition) is 2. The predicted molar refractivity (Wildman–Crippen MR) is 100 cm³/mol. The maximum atomic E-state index is 5.99. The summed E-state index contributed by atoms with van der Waals surface area (Å²) in [6.07, 6.45) is 3.73. The van der Waals surface area contributed by atoms with Crippen LogP contribution in [0.2, 0.25) is 5.02 Å². The number of thiocarbonyl (C=S) groups is 1. The number of rotatable bonds is 3. The number of hydrazone groups is 1. The molecule has 3 N–H and O–H groups in total. The highest BCUT2D eigenvalue weighted by Gasteiger charge is 2.11. The van der Waals surface area contributed by atoms with Gasteiger partial charge in [-0.3, -0.25) is 5.43 Å². The second-order valence-electron chi connectivity index (χ2n) is 5.18. The second-order valence-corrected chi connectivity index (χ2v) is 6.06. The molecule has 0 unspecified atom stereocenters. The monoisotopic (exact) mass is 342 g/mol. The van der Waals surface area contributed by atoms with E-state index in [1.165, 1.54) is 5.56 Å². The fraction of sp³-hybridized carbons (Fsp3) is 0.0588. The number of nitrogens with zero attached hydrogens (tertiary/aromatic N) is 2. The summed E-state index contributed by atoms with van der Waals surface area (Å²) in [6.45, 7) is 2.07. The zero-order valence-electron chi connectivity index (χ0n) is 12.5. The van der Waals surface area contributed by atoms with Gasteiger partial charge in [0.05, 0.1) is 11.9 Å². The number of fused-ring (bicyclic) bond motifs is 1. The summed E-state index contributed by atoms with van der Waals surface area (Å²) in [4.78, 5) is 0. The van der Waals surface area contributed by atoms with Gasteiger partial charge in [-0.1, -0.05) is 23.7 Å². The Hall–Kier alpha value is -2.37. The maximum Gasteiger partial charge on any atom is 0.184 e. The lowest BCUT2D eigenvalue weighted by Gasteiger charge is -2.03. The zero-order valence-corrected chi connectivity index (χ0v) is 14.0. The van der Waals surface area contributed by atoms with Gasteiger partial charge in [0.25, 0.3) is 0 Å². The molecule has 0 bridgehead atoms. The molecule has 0 aliphatic heterocycles. The third-order valence-corrected chi connectivity index (χ3v) is 3.83. The number of pyridine rings is 1. The summed E-state index contributed by atoms with van der Waals surface area (Å²) >= 11 is 10.8. The molecule has 0 spiro atoms. The minimum Gasteiger partial charge on any atom is -0.375 e. The Morgan fingerprint density at radius 2 is 2.00 bits per heavy atom. The van der Waals surface area contributed by atoms with Crippen LogP contribution in [0.4, 0.5) is 0 Å². The van der Waals surface area contributed by atoms with Crippen molar-refractivity contribution in [1.82, 2.24) is 9.83 Å². The smallest absolute Gasteiger partial charge is 0.184 e. The SMILES string of the molecule is Cc1ccn2c(C=NNC(N)=S)c(-c3ccc(Cl)cc3)cc2c1. The molecular weight excluding hydrogens is 328 g/mol. The van der Waals surface area contributed by atoms with Crippen LogP contribution in [0.1, 0.15) is 11.3 Å². The lowest BCUT2D eigenvalue weighted by Crippen LogP contribution is -2.24. The topological polar surface area (TPSA) is 54.8 Å². The molecule has 0 saturated heterocycles. The van der Waals surface area contributed by atoms with Crippen LogP contribution in [0.5, 0.6) is 0 Å². The van der Waals surface area contributed by atoms with Gasteiger partial charge < -0.3 is 10.1 Å². The van der Waals surface area contributed by atoms with E-state index in [-0.39, 0.29) is 5.11 Å². The Bertz CT molecular complexity index is 897. The summed E-state index contributed by atoms with van der Waals surface area (Å²) in [7, 11) is 0. The Kier molecular flexibility index (Phi) is 4.32. The number of aryl methyl sites for hydroxylation is 1. The first-order valence-corrected chi connectivity index (χ1v) is 7.79. The Morgan fingerprint density at radius 1 is 1.26 bits per heavy atom. The summed E-state index contributed by atoms with van der Waals surface area (Å²) in [5.41, 5.74) is 13.3. The minimum absolute atomic E-state index is 0.131. The highest BCUT2D eigenvalue weighted by atomic mass is 35.5. The van der Waals surface area contributed by atoms with E-state index in [2.05, 4.69) is 40.1 Å². The third-order valence-electron chi connectivity index (χ3n) is 3.48. The van der Waals surface area contributed by atoms with Crippen LogP contribution < -0.4 is 11.2 Å². The standard InChI is InChI=1S/C17H15ClN4S/c1-11-6-7-22-14(8-11)9-15(12-2-4-13(18)5-3-12)16(22)10-20-21-17(19)23/h2-10H,1H3,(H3,19,21,23). The molecule has 3 rings (SSSR count). The van der Waals surface area contributed by atoms with Crippen molar-refractivity contribution < 1.29 is 0 Å². The van der Waals surface area contributed by atoms with Crippen LogP contribution >= 0.6 is 23.8 Å². The summed E-state index contributed by atoms with van der Waals surface area (Å²) in [5, 5.41) is 4.94. The Labute approximate surface area is 144 Å². The van der Waals surface area contributed by atoms with Gasteiger partial charge in [-0.2, -0.15) is 5.10 Å². The molecule has 6 heteroatoms. The van der Waals surface area contributed by atoms with Crippen molar-refractivity contribution in [3.63, 3.8) is 0 Å². The van der Waals surface area contributed by atoms with Crippen molar-refractivity contribution >= 4 is 40.7 Å². The summed E-state index contributed by atoms with van der Waals surface area (Å²) < 4.78 is 2.07. The molecule has 0 aliphatic rings. The summed E-state index contributed by atoms with van der Waals surface area (Å²) in [6, 6.07) is 14.0. The normalized spacial score (nSPS) is 11.2. The fourth-order valence-corrected chi connectivity index (χ4v) is 2.64. The van der Waals surface area contributed by atoms with Crippen molar-refractivity contribution in [2.45, 2.75) is 6.92 Å². The molecule has 2 aromatic heterocycles. The van der Waals surface area contributed by atoms with E-state index < -0.39 is 0 Å². The molecule has 0 atom stereocenters. The van der Waals surface area contributed by atoms with Gasteiger partial charge in [-0.05, 0) is 60.6 Å². The minimum atomic E-state index is 0.131. The van der Waals surface area contributed by atoms with E-state index in [1.54, 1.807) is 6.21 Å². The van der Waals surface area contributed by atoms with Crippen molar-refractivity contribution in [1.29, 1.82) is 0 Å². The molecule has 3 aromatic rings. The number of nitrogens with two attached hydrogens (primary N) is 1. The van der Waals surface area contributed by atoms with Gasteiger partial charge in [-0.25, -0.2) is 0 Å². The average Bonchev–Trinajstić information content (AvgIpc) is 2.85.